The first-order valence-electron chi connectivity index (χ1n) is 8.36. The smallest absolute Gasteiger partial charge is 0.323 e. The van der Waals surface area contributed by atoms with E-state index in [-0.39, 0.29) is 5.97 Å². The van der Waals surface area contributed by atoms with Gasteiger partial charge in [-0.05, 0) is 56.2 Å². The second-order valence-corrected chi connectivity index (χ2v) is 6.03. The Balaban J connectivity index is 2.20. The van der Waals surface area contributed by atoms with Gasteiger partial charge in [-0.2, -0.15) is 0 Å². The van der Waals surface area contributed by atoms with Crippen LogP contribution in [0.1, 0.15) is 43.4 Å². The molecular formula is C18H28N2O2. The Morgan fingerprint density at radius 1 is 1.32 bits per heavy atom. The summed E-state index contributed by atoms with van der Waals surface area (Å²) < 4.78 is 5.00. The molecule has 4 heteroatoms. The second-order valence-electron chi connectivity index (χ2n) is 6.03. The van der Waals surface area contributed by atoms with Crippen LogP contribution < -0.4 is 10.6 Å². The lowest BCUT2D eigenvalue weighted by Crippen LogP contribution is -2.34. The fraction of sp³-hybridized carbons (Fsp3) is 0.611. The Labute approximate surface area is 133 Å². The highest BCUT2D eigenvalue weighted by Gasteiger charge is 2.20. The number of anilines is 1. The first kappa shape index (κ1) is 16.8. The summed E-state index contributed by atoms with van der Waals surface area (Å²) in [7, 11) is 0. The molecule has 0 radical (unpaired) electrons. The molecule has 0 saturated carbocycles. The first-order chi connectivity index (χ1) is 10.6. The van der Waals surface area contributed by atoms with Crippen molar-refractivity contribution in [2.45, 2.75) is 52.5 Å². The lowest BCUT2D eigenvalue weighted by Gasteiger charge is -2.25. The van der Waals surface area contributed by atoms with Gasteiger partial charge in [0.25, 0.3) is 0 Å². The van der Waals surface area contributed by atoms with Crippen LogP contribution in [-0.2, 0) is 22.4 Å². The third-order valence-electron chi connectivity index (χ3n) is 4.29. The molecule has 1 unspecified atom stereocenters. The fourth-order valence-corrected chi connectivity index (χ4v) is 3.30. The van der Waals surface area contributed by atoms with Crippen molar-refractivity contribution < 1.29 is 9.53 Å². The first-order valence-corrected chi connectivity index (χ1v) is 8.36. The summed E-state index contributed by atoms with van der Waals surface area (Å²) in [6, 6.07) is 3.80. The maximum absolute atomic E-state index is 11.7. The number of carbonyl (C=O) groups excluding carboxylic acids is 1. The van der Waals surface area contributed by atoms with Gasteiger partial charge in [-0.3, -0.25) is 4.79 Å². The van der Waals surface area contributed by atoms with E-state index in [1.807, 2.05) is 0 Å². The summed E-state index contributed by atoms with van der Waals surface area (Å²) in [4.78, 5) is 14.2. The van der Waals surface area contributed by atoms with Crippen molar-refractivity contribution in [1.29, 1.82) is 0 Å². The molecule has 0 aliphatic carbocycles. The molecule has 1 aromatic rings. The largest absolute Gasteiger partial charge is 0.465 e. The molecule has 1 fully saturated rings. The highest BCUT2D eigenvalue weighted by molar-refractivity contribution is 5.76. The van der Waals surface area contributed by atoms with E-state index in [9.17, 15) is 4.79 Å². The van der Waals surface area contributed by atoms with Gasteiger partial charge in [-0.1, -0.05) is 19.1 Å². The van der Waals surface area contributed by atoms with Crippen molar-refractivity contribution in [2.24, 2.45) is 5.73 Å². The molecule has 4 nitrogen and oxygen atoms in total. The Kier molecular flexibility index (Phi) is 5.83. The molecule has 0 amide bonds. The summed E-state index contributed by atoms with van der Waals surface area (Å²) in [5.74, 6) is -0.318. The minimum absolute atomic E-state index is 0.318. The number of nitrogens with zero attached hydrogens (tertiary/aromatic N) is 1. The zero-order valence-electron chi connectivity index (χ0n) is 14.0. The van der Waals surface area contributed by atoms with E-state index < -0.39 is 6.04 Å². The average Bonchev–Trinajstić information content (AvgIpc) is 3.00. The monoisotopic (exact) mass is 304 g/mol. The van der Waals surface area contributed by atoms with Crippen LogP contribution in [-0.4, -0.2) is 31.7 Å². The van der Waals surface area contributed by atoms with Crippen LogP contribution in [0, 0.1) is 6.92 Å². The molecule has 1 aliphatic rings. The Bertz CT molecular complexity index is 522. The Hall–Kier alpha value is -1.55. The molecule has 1 aliphatic heterocycles. The van der Waals surface area contributed by atoms with Crippen molar-refractivity contribution in [1.82, 2.24) is 0 Å². The van der Waals surface area contributed by atoms with Crippen molar-refractivity contribution in [3.8, 4) is 0 Å². The van der Waals surface area contributed by atoms with Crippen LogP contribution in [0.2, 0.25) is 0 Å². The van der Waals surface area contributed by atoms with Gasteiger partial charge >= 0.3 is 5.97 Å². The van der Waals surface area contributed by atoms with Crippen molar-refractivity contribution >= 4 is 11.7 Å². The van der Waals surface area contributed by atoms with Gasteiger partial charge in [0.15, 0.2) is 0 Å². The van der Waals surface area contributed by atoms with Crippen molar-refractivity contribution in [3.05, 3.63) is 28.8 Å². The summed E-state index contributed by atoms with van der Waals surface area (Å²) in [5, 5.41) is 0. The van der Waals surface area contributed by atoms with Crippen molar-refractivity contribution in [3.63, 3.8) is 0 Å². The molecule has 22 heavy (non-hydrogen) atoms. The van der Waals surface area contributed by atoms with Gasteiger partial charge in [0.1, 0.15) is 6.04 Å². The number of aryl methyl sites for hydroxylation is 2. The predicted octanol–water partition coefficient (Wildman–Crippen LogP) is 2.59. The minimum Gasteiger partial charge on any atom is -0.465 e. The maximum Gasteiger partial charge on any atom is 0.323 e. The van der Waals surface area contributed by atoms with Gasteiger partial charge in [-0.15, -0.1) is 0 Å². The third kappa shape index (κ3) is 3.80. The van der Waals surface area contributed by atoms with E-state index in [1.165, 1.54) is 29.7 Å². The SMILES string of the molecule is CCOC(=O)C(N)Cc1cc(C)c(N2CCCC2)c(CC)c1. The highest BCUT2D eigenvalue weighted by Crippen LogP contribution is 2.30. The summed E-state index contributed by atoms with van der Waals surface area (Å²) in [6.07, 6.45) is 4.08. The van der Waals surface area contributed by atoms with E-state index in [1.54, 1.807) is 6.92 Å². The normalized spacial score (nSPS) is 15.9. The molecule has 0 aromatic heterocycles. The number of nitrogens with two attached hydrogens (primary N) is 1. The molecule has 1 atom stereocenters. The van der Waals surface area contributed by atoms with E-state index in [4.69, 9.17) is 10.5 Å². The Morgan fingerprint density at radius 3 is 2.59 bits per heavy atom. The van der Waals surface area contributed by atoms with Crippen LogP contribution in [0.4, 0.5) is 5.69 Å². The van der Waals surface area contributed by atoms with Gasteiger partial charge in [0.05, 0.1) is 6.61 Å². The van der Waals surface area contributed by atoms with Gasteiger partial charge in [-0.25, -0.2) is 0 Å². The molecule has 2 N–H and O–H groups in total. The van der Waals surface area contributed by atoms with Crippen molar-refractivity contribution in [2.75, 3.05) is 24.6 Å². The summed E-state index contributed by atoms with van der Waals surface area (Å²) in [5.41, 5.74) is 11.1. The molecule has 1 saturated heterocycles. The third-order valence-corrected chi connectivity index (χ3v) is 4.29. The topological polar surface area (TPSA) is 55.6 Å². The van der Waals surface area contributed by atoms with Crippen LogP contribution in [0.15, 0.2) is 12.1 Å². The van der Waals surface area contributed by atoms with Crippen LogP contribution in [0.5, 0.6) is 0 Å². The zero-order valence-corrected chi connectivity index (χ0v) is 14.0. The second kappa shape index (κ2) is 7.63. The standard InChI is InChI=1S/C18H28N2O2/c1-4-15-11-14(12-16(19)18(21)22-5-2)10-13(3)17(15)20-8-6-7-9-20/h10-11,16H,4-9,12,19H2,1-3H3. The molecule has 0 bridgehead atoms. The average molecular weight is 304 g/mol. The number of hydrogen-bond acceptors (Lipinski definition) is 4. The molecule has 2 rings (SSSR count). The van der Waals surface area contributed by atoms with E-state index >= 15 is 0 Å². The van der Waals surface area contributed by atoms with Gasteiger partial charge in [0.2, 0.25) is 0 Å². The molecule has 122 valence electrons. The summed E-state index contributed by atoms with van der Waals surface area (Å²) in [6.45, 7) is 8.81. The lowest BCUT2D eigenvalue weighted by atomic mass is 9.97. The Morgan fingerprint density at radius 2 is 2.00 bits per heavy atom. The van der Waals surface area contributed by atoms with E-state index in [0.29, 0.717) is 13.0 Å². The maximum atomic E-state index is 11.7. The number of ether oxygens (including phenoxy) is 1. The number of benzene rings is 1. The molecule has 1 heterocycles. The zero-order chi connectivity index (χ0) is 16.1. The lowest BCUT2D eigenvalue weighted by molar-refractivity contribution is -0.144. The minimum atomic E-state index is -0.582. The predicted molar refractivity (Wildman–Crippen MR) is 90.3 cm³/mol. The number of rotatable bonds is 6. The van der Waals surface area contributed by atoms with Crippen LogP contribution >= 0.6 is 0 Å². The quantitative estimate of drug-likeness (QED) is 0.821. The molecule has 1 aromatic carbocycles. The fourth-order valence-electron chi connectivity index (χ4n) is 3.30. The number of carbonyl (C=O) groups is 1. The van der Waals surface area contributed by atoms with Crippen LogP contribution in [0.3, 0.4) is 0 Å². The van der Waals surface area contributed by atoms with Gasteiger partial charge in [0, 0.05) is 18.8 Å². The molecule has 0 spiro atoms. The molecular weight excluding hydrogens is 276 g/mol. The highest BCUT2D eigenvalue weighted by atomic mass is 16.5. The summed E-state index contributed by atoms with van der Waals surface area (Å²) >= 11 is 0. The number of esters is 1. The van der Waals surface area contributed by atoms with E-state index in [0.717, 1.165) is 25.1 Å². The van der Waals surface area contributed by atoms with Crippen LogP contribution in [0.25, 0.3) is 0 Å². The van der Waals surface area contributed by atoms with E-state index in [2.05, 4.69) is 30.9 Å². The number of hydrogen-bond donors (Lipinski definition) is 1. The van der Waals surface area contributed by atoms with Gasteiger partial charge < -0.3 is 15.4 Å².